The van der Waals surface area contributed by atoms with Crippen LogP contribution in [0.1, 0.15) is 16.7 Å². The van der Waals surface area contributed by atoms with Gasteiger partial charge in [-0.25, -0.2) is 0 Å². The first kappa shape index (κ1) is 14.6. The number of esters is 1. The summed E-state index contributed by atoms with van der Waals surface area (Å²) < 4.78 is 4.99. The molecular weight excluding hydrogens is 278 g/mol. The molecule has 2 aromatic carbocycles. The van der Waals surface area contributed by atoms with E-state index in [9.17, 15) is 9.90 Å². The Morgan fingerprint density at radius 3 is 2.27 bits per heavy atom. The topological polar surface area (TPSA) is 49.8 Å². The average Bonchev–Trinajstić information content (AvgIpc) is 2.97. The van der Waals surface area contributed by atoms with Gasteiger partial charge in [-0.3, -0.25) is 9.69 Å². The van der Waals surface area contributed by atoms with Gasteiger partial charge in [0.15, 0.2) is 0 Å². The molecule has 0 unspecified atom stereocenters. The van der Waals surface area contributed by atoms with Gasteiger partial charge in [-0.05, 0) is 35.2 Å². The molecule has 0 aromatic heterocycles. The Kier molecular flexibility index (Phi) is 4.11. The number of aromatic hydroxyl groups is 1. The van der Waals surface area contributed by atoms with Crippen LogP contribution in [0.5, 0.6) is 5.75 Å². The van der Waals surface area contributed by atoms with Crippen molar-refractivity contribution in [1.29, 1.82) is 0 Å². The van der Waals surface area contributed by atoms with E-state index in [2.05, 4.69) is 17.0 Å². The number of carbonyl (C=O) groups excluding carboxylic acids is 1. The Hall–Kier alpha value is -2.33. The summed E-state index contributed by atoms with van der Waals surface area (Å²) in [5.74, 6) is 0.00725. The third kappa shape index (κ3) is 2.97. The van der Waals surface area contributed by atoms with Gasteiger partial charge in [-0.15, -0.1) is 0 Å². The van der Waals surface area contributed by atoms with Crippen molar-refractivity contribution in [2.45, 2.75) is 25.6 Å². The zero-order chi connectivity index (χ0) is 15.5. The smallest absolute Gasteiger partial charge is 0.323 e. The lowest BCUT2D eigenvalue weighted by atomic mass is 10.0. The van der Waals surface area contributed by atoms with Gasteiger partial charge < -0.3 is 9.84 Å². The summed E-state index contributed by atoms with van der Waals surface area (Å²) in [5.41, 5.74) is 3.54. The number of carbonyl (C=O) groups is 1. The Labute approximate surface area is 130 Å². The summed E-state index contributed by atoms with van der Waals surface area (Å²) in [5, 5.41) is 9.37. The van der Waals surface area contributed by atoms with Crippen molar-refractivity contribution in [2.75, 3.05) is 7.11 Å². The minimum Gasteiger partial charge on any atom is -0.508 e. The van der Waals surface area contributed by atoms with Crippen LogP contribution in [0.25, 0.3) is 0 Å². The maximum Gasteiger partial charge on any atom is 0.323 e. The number of rotatable bonds is 4. The molecule has 114 valence electrons. The van der Waals surface area contributed by atoms with Gasteiger partial charge in [-0.2, -0.15) is 0 Å². The normalized spacial score (nSPS) is 15.3. The Bertz CT molecular complexity index is 641. The standard InChI is InChI=1S/C18H19NO3/c1-22-18(21)17(10-13-6-8-16(20)9-7-13)19-11-14-4-2-3-5-15(14)12-19/h2-9,17,20H,10-12H2,1H3/t17-/m0/s1. The molecule has 4 nitrogen and oxygen atoms in total. The number of phenolic OH excluding ortho intramolecular Hbond substituents is 1. The lowest BCUT2D eigenvalue weighted by molar-refractivity contribution is -0.147. The molecular formula is C18H19NO3. The van der Waals surface area contributed by atoms with Gasteiger partial charge >= 0.3 is 5.97 Å². The molecule has 2 aromatic rings. The van der Waals surface area contributed by atoms with Crippen LogP contribution in [0, 0.1) is 0 Å². The highest BCUT2D eigenvalue weighted by atomic mass is 16.5. The van der Waals surface area contributed by atoms with E-state index in [-0.39, 0.29) is 17.8 Å². The van der Waals surface area contributed by atoms with Crippen LogP contribution in [0.4, 0.5) is 0 Å². The summed E-state index contributed by atoms with van der Waals surface area (Å²) in [6, 6.07) is 14.9. The molecule has 0 saturated carbocycles. The van der Waals surface area contributed by atoms with Crippen LogP contribution >= 0.6 is 0 Å². The lowest BCUT2D eigenvalue weighted by Gasteiger charge is -2.25. The summed E-state index contributed by atoms with van der Waals surface area (Å²) >= 11 is 0. The second-order valence-electron chi connectivity index (χ2n) is 5.58. The van der Waals surface area contributed by atoms with E-state index in [1.807, 2.05) is 24.3 Å². The molecule has 0 bridgehead atoms. The van der Waals surface area contributed by atoms with E-state index in [4.69, 9.17) is 4.74 Å². The summed E-state index contributed by atoms with van der Waals surface area (Å²) in [6.07, 6.45) is 0.570. The van der Waals surface area contributed by atoms with E-state index < -0.39 is 0 Å². The zero-order valence-electron chi connectivity index (χ0n) is 12.5. The molecule has 1 aliphatic rings. The highest BCUT2D eigenvalue weighted by Crippen LogP contribution is 2.26. The third-order valence-electron chi connectivity index (χ3n) is 4.14. The number of hydrogen-bond acceptors (Lipinski definition) is 4. The number of fused-ring (bicyclic) bond motifs is 1. The highest BCUT2D eigenvalue weighted by Gasteiger charge is 2.31. The van der Waals surface area contributed by atoms with E-state index in [0.29, 0.717) is 6.42 Å². The van der Waals surface area contributed by atoms with Crippen LogP contribution in [-0.4, -0.2) is 29.1 Å². The minimum atomic E-state index is -0.318. The molecule has 1 heterocycles. The Balaban J connectivity index is 1.79. The van der Waals surface area contributed by atoms with Crippen LogP contribution in [0.3, 0.4) is 0 Å². The maximum atomic E-state index is 12.2. The van der Waals surface area contributed by atoms with Gasteiger partial charge in [0, 0.05) is 13.1 Å². The molecule has 1 aliphatic heterocycles. The number of benzene rings is 2. The number of nitrogens with zero attached hydrogens (tertiary/aromatic N) is 1. The van der Waals surface area contributed by atoms with Crippen LogP contribution in [0.2, 0.25) is 0 Å². The average molecular weight is 297 g/mol. The van der Waals surface area contributed by atoms with Crippen molar-refractivity contribution in [3.8, 4) is 5.75 Å². The summed E-state index contributed by atoms with van der Waals surface area (Å²) in [4.78, 5) is 14.4. The number of methoxy groups -OCH3 is 1. The molecule has 4 heteroatoms. The number of ether oxygens (including phenoxy) is 1. The van der Waals surface area contributed by atoms with Gasteiger partial charge in [0.1, 0.15) is 11.8 Å². The van der Waals surface area contributed by atoms with Crippen molar-refractivity contribution in [1.82, 2.24) is 4.90 Å². The van der Waals surface area contributed by atoms with E-state index in [1.165, 1.54) is 18.2 Å². The molecule has 0 aliphatic carbocycles. The molecule has 0 spiro atoms. The van der Waals surface area contributed by atoms with Crippen molar-refractivity contribution >= 4 is 5.97 Å². The fourth-order valence-electron chi connectivity index (χ4n) is 2.93. The first-order valence-electron chi connectivity index (χ1n) is 7.34. The first-order chi connectivity index (χ1) is 10.7. The summed E-state index contributed by atoms with van der Waals surface area (Å²) in [7, 11) is 1.43. The monoisotopic (exact) mass is 297 g/mol. The predicted octanol–water partition coefficient (Wildman–Crippen LogP) is 2.49. The molecule has 3 rings (SSSR count). The fourth-order valence-corrected chi connectivity index (χ4v) is 2.93. The van der Waals surface area contributed by atoms with Gasteiger partial charge in [0.25, 0.3) is 0 Å². The summed E-state index contributed by atoms with van der Waals surface area (Å²) in [6.45, 7) is 1.52. The quantitative estimate of drug-likeness (QED) is 0.881. The molecule has 0 saturated heterocycles. The van der Waals surface area contributed by atoms with Crippen molar-refractivity contribution in [3.63, 3.8) is 0 Å². The molecule has 22 heavy (non-hydrogen) atoms. The second-order valence-corrected chi connectivity index (χ2v) is 5.58. The van der Waals surface area contributed by atoms with Crippen molar-refractivity contribution in [2.24, 2.45) is 0 Å². The predicted molar refractivity (Wildman–Crippen MR) is 83.3 cm³/mol. The van der Waals surface area contributed by atoms with Gasteiger partial charge in [0.2, 0.25) is 0 Å². The molecule has 0 fully saturated rings. The molecule has 1 atom stereocenters. The van der Waals surface area contributed by atoms with Crippen molar-refractivity contribution < 1.29 is 14.6 Å². The molecule has 1 N–H and O–H groups in total. The minimum absolute atomic E-state index is 0.221. The second kappa shape index (κ2) is 6.20. The number of hydrogen-bond donors (Lipinski definition) is 1. The van der Waals surface area contributed by atoms with Gasteiger partial charge in [-0.1, -0.05) is 36.4 Å². The number of phenols is 1. The molecule has 0 amide bonds. The van der Waals surface area contributed by atoms with Crippen molar-refractivity contribution in [3.05, 3.63) is 65.2 Å². The van der Waals surface area contributed by atoms with Crippen LogP contribution in [-0.2, 0) is 29.0 Å². The highest BCUT2D eigenvalue weighted by molar-refractivity contribution is 5.76. The van der Waals surface area contributed by atoms with Crippen LogP contribution in [0.15, 0.2) is 48.5 Å². The Morgan fingerprint density at radius 1 is 1.14 bits per heavy atom. The Morgan fingerprint density at radius 2 is 1.73 bits per heavy atom. The largest absolute Gasteiger partial charge is 0.508 e. The third-order valence-corrected chi connectivity index (χ3v) is 4.14. The molecule has 0 radical (unpaired) electrons. The zero-order valence-corrected chi connectivity index (χ0v) is 12.5. The SMILES string of the molecule is COC(=O)[C@H](Cc1ccc(O)cc1)N1Cc2ccccc2C1. The lowest BCUT2D eigenvalue weighted by Crippen LogP contribution is -2.40. The fraction of sp³-hybridized carbons (Fsp3) is 0.278. The van der Waals surface area contributed by atoms with Gasteiger partial charge in [0.05, 0.1) is 7.11 Å². The first-order valence-corrected chi connectivity index (χ1v) is 7.34. The van der Waals surface area contributed by atoms with E-state index >= 15 is 0 Å². The van der Waals surface area contributed by atoms with E-state index in [1.54, 1.807) is 12.1 Å². The van der Waals surface area contributed by atoms with Crippen LogP contribution < -0.4 is 0 Å². The maximum absolute atomic E-state index is 12.2. The van der Waals surface area contributed by atoms with E-state index in [0.717, 1.165) is 18.7 Å².